The fourth-order valence-corrected chi connectivity index (χ4v) is 1.25. The summed E-state index contributed by atoms with van der Waals surface area (Å²) in [6.07, 6.45) is 5.95. The van der Waals surface area contributed by atoms with Crippen molar-refractivity contribution in [3.05, 3.63) is 36.7 Å². The van der Waals surface area contributed by atoms with Crippen LogP contribution in [0.15, 0.2) is 31.1 Å². The molecule has 0 aromatic carbocycles. The van der Waals surface area contributed by atoms with E-state index in [0.29, 0.717) is 0 Å². The van der Waals surface area contributed by atoms with E-state index in [-0.39, 0.29) is 6.61 Å². The van der Waals surface area contributed by atoms with E-state index in [2.05, 4.69) is 46.8 Å². The second kappa shape index (κ2) is 7.94. The van der Waals surface area contributed by atoms with Crippen LogP contribution in [0.4, 0.5) is 0 Å². The molecule has 5 nitrogen and oxygen atoms in total. The number of pyridine rings is 1. The third kappa shape index (κ3) is 8.56. The molecule has 0 unspecified atom stereocenters. The molecule has 0 fully saturated rings. The normalized spacial score (nSPS) is 10.3. The molecule has 0 amide bonds. The molecule has 0 spiro atoms. The zero-order chi connectivity index (χ0) is 13.3. The topological polar surface area (TPSA) is 70.3 Å². The molecule has 0 radical (unpaired) electrons. The van der Waals surface area contributed by atoms with E-state index in [1.165, 1.54) is 12.5 Å². The van der Waals surface area contributed by atoms with Gasteiger partial charge in [-0.2, -0.15) is 0 Å². The van der Waals surface area contributed by atoms with Crippen molar-refractivity contribution in [2.24, 2.45) is 0 Å². The maximum Gasteiger partial charge on any atom is 0.217 e. The molecule has 1 aromatic rings. The largest absolute Gasteiger partial charge is 0.726 e. The molecule has 1 rings (SSSR count). The lowest BCUT2D eigenvalue weighted by Crippen LogP contribution is -2.30. The Hall–Kier alpha value is -1.24. The van der Waals surface area contributed by atoms with E-state index in [1.54, 1.807) is 0 Å². The first-order chi connectivity index (χ1) is 7.92. The molecule has 0 aliphatic rings. The van der Waals surface area contributed by atoms with Crippen LogP contribution in [0.1, 0.15) is 19.4 Å². The molecule has 0 bridgehead atoms. The first-order valence-electron chi connectivity index (χ1n) is 5.14. The molecule has 1 heterocycles. The van der Waals surface area contributed by atoms with E-state index >= 15 is 0 Å². The summed E-state index contributed by atoms with van der Waals surface area (Å²) < 4.78 is 34.1. The Morgan fingerprint density at radius 1 is 1.41 bits per heavy atom. The smallest absolute Gasteiger partial charge is 0.217 e. The highest BCUT2D eigenvalue weighted by Crippen LogP contribution is 1.94. The molecule has 1 aromatic heterocycles. The van der Waals surface area contributed by atoms with Crippen molar-refractivity contribution in [1.29, 1.82) is 0 Å². The van der Waals surface area contributed by atoms with Crippen molar-refractivity contribution < 1.29 is 21.7 Å². The van der Waals surface area contributed by atoms with Crippen LogP contribution in [-0.4, -0.2) is 19.6 Å². The summed E-state index contributed by atoms with van der Waals surface area (Å²) in [4.78, 5) is 0. The monoisotopic (exact) mass is 259 g/mol. The fraction of sp³-hybridized carbons (Fsp3) is 0.364. The predicted molar refractivity (Wildman–Crippen MR) is 63.7 cm³/mol. The quantitative estimate of drug-likeness (QED) is 0.461. The number of rotatable bonds is 4. The second-order valence-corrected chi connectivity index (χ2v) is 4.03. The number of aryl methyl sites for hydroxylation is 1. The van der Waals surface area contributed by atoms with Gasteiger partial charge in [-0.25, -0.2) is 13.0 Å². The van der Waals surface area contributed by atoms with Crippen LogP contribution in [0.5, 0.6) is 0 Å². The van der Waals surface area contributed by atoms with Crippen molar-refractivity contribution >= 4 is 16.5 Å². The molecular weight excluding hydrogens is 242 g/mol. The van der Waals surface area contributed by atoms with Crippen molar-refractivity contribution in [3.8, 4) is 0 Å². The maximum absolute atomic E-state index is 9.45. The average molecular weight is 259 g/mol. The molecule has 0 saturated heterocycles. The average Bonchev–Trinajstić information content (AvgIpc) is 2.28. The first kappa shape index (κ1) is 15.8. The Balaban J connectivity index is 0.000000325. The number of aromatic nitrogens is 1. The van der Waals surface area contributed by atoms with Gasteiger partial charge in [0.25, 0.3) is 0 Å². The van der Waals surface area contributed by atoms with E-state index in [1.807, 2.05) is 6.08 Å². The summed E-state index contributed by atoms with van der Waals surface area (Å²) in [7, 11) is -4.42. The minimum atomic E-state index is -4.42. The Kier molecular flexibility index (Phi) is 7.36. The second-order valence-electron chi connectivity index (χ2n) is 2.98. The van der Waals surface area contributed by atoms with Crippen LogP contribution in [0.25, 0.3) is 6.08 Å². The van der Waals surface area contributed by atoms with Gasteiger partial charge in [0.05, 0.1) is 6.61 Å². The van der Waals surface area contributed by atoms with Gasteiger partial charge in [-0.1, -0.05) is 12.7 Å². The number of hydrogen-bond donors (Lipinski definition) is 0. The molecule has 0 aliphatic heterocycles. The van der Waals surface area contributed by atoms with E-state index in [0.717, 1.165) is 6.54 Å². The Labute approximate surface area is 102 Å². The minimum absolute atomic E-state index is 0.0914. The lowest BCUT2D eigenvalue weighted by atomic mass is 10.3. The maximum atomic E-state index is 9.45. The molecule has 0 aliphatic carbocycles. The van der Waals surface area contributed by atoms with E-state index in [4.69, 9.17) is 0 Å². The first-order valence-corrected chi connectivity index (χ1v) is 6.48. The van der Waals surface area contributed by atoms with E-state index < -0.39 is 10.4 Å². The zero-order valence-electron chi connectivity index (χ0n) is 10.00. The molecular formula is C11H17NO4S. The summed E-state index contributed by atoms with van der Waals surface area (Å²) in [6, 6.07) is 4.10. The fourth-order valence-electron chi connectivity index (χ4n) is 0.960. The van der Waals surface area contributed by atoms with Crippen LogP contribution < -0.4 is 4.57 Å². The third-order valence-corrected chi connectivity index (χ3v) is 2.30. The molecule has 6 heteroatoms. The standard InChI is InChI=1S/C9H12N.C2H6O4S/c1-3-9-5-7-10(4-2)8-6-9;1-2-6-7(3,4)5/h3,5-8H,1,4H2,2H3;2H2,1H3,(H,3,4,5)/q+1;/p-1. The molecule has 0 N–H and O–H groups in total. The van der Waals surface area contributed by atoms with Crippen LogP contribution in [0.3, 0.4) is 0 Å². The summed E-state index contributed by atoms with van der Waals surface area (Å²) in [6.45, 7) is 8.16. The van der Waals surface area contributed by atoms with Gasteiger partial charge in [-0.05, 0) is 19.4 Å². The van der Waals surface area contributed by atoms with Gasteiger partial charge in [0.15, 0.2) is 12.4 Å². The summed E-state index contributed by atoms with van der Waals surface area (Å²) in [5.74, 6) is 0. The van der Waals surface area contributed by atoms with Crippen LogP contribution >= 0.6 is 0 Å². The van der Waals surface area contributed by atoms with Crippen molar-refractivity contribution in [2.75, 3.05) is 6.61 Å². The highest BCUT2D eigenvalue weighted by molar-refractivity contribution is 7.80. The summed E-state index contributed by atoms with van der Waals surface area (Å²) in [5.41, 5.74) is 1.17. The van der Waals surface area contributed by atoms with Crippen molar-refractivity contribution in [1.82, 2.24) is 0 Å². The summed E-state index contributed by atoms with van der Waals surface area (Å²) >= 11 is 0. The van der Waals surface area contributed by atoms with Crippen molar-refractivity contribution in [2.45, 2.75) is 20.4 Å². The van der Waals surface area contributed by atoms with E-state index in [9.17, 15) is 13.0 Å². The number of hydrogen-bond acceptors (Lipinski definition) is 4. The molecule has 96 valence electrons. The highest BCUT2D eigenvalue weighted by Gasteiger charge is 1.92. The highest BCUT2D eigenvalue weighted by atomic mass is 32.3. The minimum Gasteiger partial charge on any atom is -0.726 e. The van der Waals surface area contributed by atoms with Crippen LogP contribution in [0, 0.1) is 0 Å². The van der Waals surface area contributed by atoms with Crippen LogP contribution in [0.2, 0.25) is 0 Å². The van der Waals surface area contributed by atoms with Crippen molar-refractivity contribution in [3.63, 3.8) is 0 Å². The number of nitrogens with zero attached hydrogens (tertiary/aromatic N) is 1. The SMILES string of the molecule is C=Cc1cc[n+](CC)cc1.CCOS(=O)(=O)[O-]. The van der Waals surface area contributed by atoms with Crippen LogP contribution in [-0.2, 0) is 21.1 Å². The Bertz CT molecular complexity index is 425. The molecule has 0 saturated carbocycles. The van der Waals surface area contributed by atoms with Gasteiger partial charge >= 0.3 is 0 Å². The van der Waals surface area contributed by atoms with Gasteiger partial charge in [-0.15, -0.1) is 0 Å². The van der Waals surface area contributed by atoms with Gasteiger partial charge in [0, 0.05) is 12.1 Å². The lowest BCUT2D eigenvalue weighted by molar-refractivity contribution is -0.693. The lowest BCUT2D eigenvalue weighted by Gasteiger charge is -2.02. The molecule has 0 atom stereocenters. The zero-order valence-corrected chi connectivity index (χ0v) is 10.8. The van der Waals surface area contributed by atoms with Gasteiger partial charge in [0.1, 0.15) is 6.54 Å². The van der Waals surface area contributed by atoms with Gasteiger partial charge < -0.3 is 4.55 Å². The van der Waals surface area contributed by atoms with Gasteiger partial charge in [-0.3, -0.25) is 4.18 Å². The Morgan fingerprint density at radius 2 is 1.94 bits per heavy atom. The predicted octanol–water partition coefficient (Wildman–Crippen LogP) is 1.12. The van der Waals surface area contributed by atoms with Gasteiger partial charge in [0.2, 0.25) is 10.4 Å². The molecule has 17 heavy (non-hydrogen) atoms. The third-order valence-electron chi connectivity index (χ3n) is 1.78. The summed E-state index contributed by atoms with van der Waals surface area (Å²) in [5, 5.41) is 0. The Morgan fingerprint density at radius 3 is 2.18 bits per heavy atom.